The van der Waals surface area contributed by atoms with Gasteiger partial charge in [0.05, 0.1) is 0 Å². The summed E-state index contributed by atoms with van der Waals surface area (Å²) in [4.78, 5) is 13.5. The number of halogens is 1. The Morgan fingerprint density at radius 1 is 1.50 bits per heavy atom. The summed E-state index contributed by atoms with van der Waals surface area (Å²) in [6.07, 6.45) is 2.05. The molecule has 2 atom stereocenters. The van der Waals surface area contributed by atoms with Gasteiger partial charge in [-0.25, -0.2) is 0 Å². The second-order valence-electron chi connectivity index (χ2n) is 5.12. The van der Waals surface area contributed by atoms with E-state index in [2.05, 4.69) is 45.1 Å². The largest absolute Gasteiger partial charge is 0.371 e. The Morgan fingerprint density at radius 2 is 2.17 bits per heavy atom. The van der Waals surface area contributed by atoms with Crippen molar-refractivity contribution < 1.29 is 4.79 Å². The Labute approximate surface area is 116 Å². The van der Waals surface area contributed by atoms with E-state index < -0.39 is 0 Å². The minimum absolute atomic E-state index is 0.0140. The summed E-state index contributed by atoms with van der Waals surface area (Å²) >= 11 is 3.44. The van der Waals surface area contributed by atoms with Gasteiger partial charge in [0, 0.05) is 29.2 Å². The van der Waals surface area contributed by atoms with E-state index in [0.717, 1.165) is 30.4 Å². The highest BCUT2D eigenvalue weighted by Gasteiger charge is 2.25. The Hall–Kier alpha value is -1.03. The van der Waals surface area contributed by atoms with Crippen LogP contribution in [0.3, 0.4) is 0 Å². The fourth-order valence-electron chi connectivity index (χ4n) is 2.53. The number of primary amides is 1. The Balaban J connectivity index is 1.92. The van der Waals surface area contributed by atoms with Gasteiger partial charge in [-0.3, -0.25) is 4.79 Å². The number of nitrogens with two attached hydrogens (primary N) is 1. The monoisotopic (exact) mass is 310 g/mol. The molecule has 1 aromatic carbocycles. The lowest BCUT2D eigenvalue weighted by Gasteiger charge is -2.19. The minimum atomic E-state index is -0.183. The molecule has 0 spiro atoms. The van der Waals surface area contributed by atoms with E-state index in [9.17, 15) is 4.79 Å². The topological polar surface area (TPSA) is 46.3 Å². The number of benzene rings is 1. The van der Waals surface area contributed by atoms with Crippen molar-refractivity contribution in [3.05, 3.63) is 28.7 Å². The maximum atomic E-state index is 11.1. The van der Waals surface area contributed by atoms with Crippen LogP contribution in [0.15, 0.2) is 28.7 Å². The summed E-state index contributed by atoms with van der Waals surface area (Å²) in [5.74, 6) is 0.383. The fourth-order valence-corrected chi connectivity index (χ4v) is 2.79. The zero-order valence-electron chi connectivity index (χ0n) is 10.6. The molecule has 18 heavy (non-hydrogen) atoms. The SMILES string of the molecule is CC(CC1CCN(c2ccc(Br)cc2)C1)C(N)=O. The summed E-state index contributed by atoms with van der Waals surface area (Å²) in [6.45, 7) is 4.02. The molecule has 0 bridgehead atoms. The van der Waals surface area contributed by atoms with Gasteiger partial charge in [0.25, 0.3) is 0 Å². The lowest BCUT2D eigenvalue weighted by molar-refractivity contribution is -0.121. The molecule has 0 aromatic heterocycles. The van der Waals surface area contributed by atoms with Crippen molar-refractivity contribution in [2.24, 2.45) is 17.6 Å². The van der Waals surface area contributed by atoms with E-state index >= 15 is 0 Å². The van der Waals surface area contributed by atoms with Gasteiger partial charge in [-0.1, -0.05) is 22.9 Å². The van der Waals surface area contributed by atoms with Crippen LogP contribution in [0.2, 0.25) is 0 Å². The molecule has 3 nitrogen and oxygen atoms in total. The van der Waals surface area contributed by atoms with E-state index in [1.54, 1.807) is 0 Å². The van der Waals surface area contributed by atoms with Gasteiger partial charge >= 0.3 is 0 Å². The molecular weight excluding hydrogens is 292 g/mol. The third kappa shape index (κ3) is 3.25. The zero-order valence-corrected chi connectivity index (χ0v) is 12.2. The van der Waals surface area contributed by atoms with Gasteiger partial charge in [-0.05, 0) is 43.0 Å². The molecule has 4 heteroatoms. The average molecular weight is 311 g/mol. The molecule has 1 saturated heterocycles. The molecular formula is C14H19BrN2O. The quantitative estimate of drug-likeness (QED) is 0.929. The molecule has 0 saturated carbocycles. The second-order valence-corrected chi connectivity index (χ2v) is 6.03. The van der Waals surface area contributed by atoms with E-state index in [4.69, 9.17) is 5.73 Å². The normalized spacial score (nSPS) is 21.0. The number of carbonyl (C=O) groups excluding carboxylic acids is 1. The van der Waals surface area contributed by atoms with Crippen molar-refractivity contribution in [1.82, 2.24) is 0 Å². The van der Waals surface area contributed by atoms with E-state index in [0.29, 0.717) is 5.92 Å². The van der Waals surface area contributed by atoms with Gasteiger partial charge in [-0.15, -0.1) is 0 Å². The first kappa shape index (κ1) is 13.4. The standard InChI is InChI=1S/C14H19BrN2O/c1-10(14(16)18)8-11-6-7-17(9-11)13-4-2-12(15)3-5-13/h2-5,10-11H,6-9H2,1H3,(H2,16,18). The number of carbonyl (C=O) groups is 1. The number of amides is 1. The third-order valence-electron chi connectivity index (χ3n) is 3.65. The molecule has 2 rings (SSSR count). The Kier molecular flexibility index (Phi) is 4.27. The maximum absolute atomic E-state index is 11.1. The van der Waals surface area contributed by atoms with Gasteiger partial charge in [0.1, 0.15) is 0 Å². The average Bonchev–Trinajstić information content (AvgIpc) is 2.78. The van der Waals surface area contributed by atoms with Gasteiger partial charge < -0.3 is 10.6 Å². The Bertz CT molecular complexity index is 418. The summed E-state index contributed by atoms with van der Waals surface area (Å²) < 4.78 is 1.10. The van der Waals surface area contributed by atoms with Crippen LogP contribution in [0, 0.1) is 11.8 Å². The minimum Gasteiger partial charge on any atom is -0.371 e. The lowest BCUT2D eigenvalue weighted by Crippen LogP contribution is -2.25. The summed E-state index contributed by atoms with van der Waals surface area (Å²) in [5, 5.41) is 0. The molecule has 0 radical (unpaired) electrons. The first-order valence-corrected chi connectivity index (χ1v) is 7.15. The van der Waals surface area contributed by atoms with Crippen LogP contribution in [-0.2, 0) is 4.79 Å². The summed E-state index contributed by atoms with van der Waals surface area (Å²) in [5.41, 5.74) is 6.58. The summed E-state index contributed by atoms with van der Waals surface area (Å²) in [7, 11) is 0. The number of anilines is 1. The van der Waals surface area contributed by atoms with Crippen LogP contribution >= 0.6 is 15.9 Å². The summed E-state index contributed by atoms with van der Waals surface area (Å²) in [6, 6.07) is 8.39. The van der Waals surface area contributed by atoms with Crippen molar-refractivity contribution in [3.8, 4) is 0 Å². The van der Waals surface area contributed by atoms with Gasteiger partial charge in [0.15, 0.2) is 0 Å². The molecule has 1 heterocycles. The molecule has 1 fully saturated rings. The highest BCUT2D eigenvalue weighted by atomic mass is 79.9. The van der Waals surface area contributed by atoms with Crippen LogP contribution in [0.5, 0.6) is 0 Å². The number of rotatable bonds is 4. The van der Waals surface area contributed by atoms with E-state index in [1.807, 2.05) is 6.92 Å². The molecule has 2 N–H and O–H groups in total. The van der Waals surface area contributed by atoms with Crippen molar-refractivity contribution in [2.45, 2.75) is 19.8 Å². The molecule has 0 aliphatic carbocycles. The molecule has 98 valence electrons. The molecule has 1 aromatic rings. The number of hydrogen-bond donors (Lipinski definition) is 1. The van der Waals surface area contributed by atoms with E-state index in [-0.39, 0.29) is 11.8 Å². The third-order valence-corrected chi connectivity index (χ3v) is 4.18. The van der Waals surface area contributed by atoms with Crippen LogP contribution in [0.25, 0.3) is 0 Å². The zero-order chi connectivity index (χ0) is 13.1. The fraction of sp³-hybridized carbons (Fsp3) is 0.500. The van der Waals surface area contributed by atoms with Crippen LogP contribution in [-0.4, -0.2) is 19.0 Å². The van der Waals surface area contributed by atoms with Crippen LogP contribution < -0.4 is 10.6 Å². The molecule has 1 aliphatic heterocycles. The second kappa shape index (κ2) is 5.74. The Morgan fingerprint density at radius 3 is 2.78 bits per heavy atom. The first-order valence-electron chi connectivity index (χ1n) is 6.36. The van der Waals surface area contributed by atoms with Crippen LogP contribution in [0.1, 0.15) is 19.8 Å². The van der Waals surface area contributed by atoms with E-state index in [1.165, 1.54) is 5.69 Å². The number of nitrogens with zero attached hydrogens (tertiary/aromatic N) is 1. The maximum Gasteiger partial charge on any atom is 0.220 e. The van der Waals surface area contributed by atoms with Crippen molar-refractivity contribution in [2.75, 3.05) is 18.0 Å². The van der Waals surface area contributed by atoms with Crippen molar-refractivity contribution >= 4 is 27.5 Å². The highest BCUT2D eigenvalue weighted by molar-refractivity contribution is 9.10. The van der Waals surface area contributed by atoms with Gasteiger partial charge in [0.2, 0.25) is 5.91 Å². The predicted molar refractivity (Wildman–Crippen MR) is 77.4 cm³/mol. The molecule has 1 amide bonds. The highest BCUT2D eigenvalue weighted by Crippen LogP contribution is 2.28. The van der Waals surface area contributed by atoms with Gasteiger partial charge in [-0.2, -0.15) is 0 Å². The molecule has 1 aliphatic rings. The smallest absolute Gasteiger partial charge is 0.220 e. The first-order chi connectivity index (χ1) is 8.56. The van der Waals surface area contributed by atoms with Crippen molar-refractivity contribution in [3.63, 3.8) is 0 Å². The predicted octanol–water partition coefficient (Wildman–Crippen LogP) is 2.79. The van der Waals surface area contributed by atoms with Crippen molar-refractivity contribution in [1.29, 1.82) is 0 Å². The number of hydrogen-bond acceptors (Lipinski definition) is 2. The lowest BCUT2D eigenvalue weighted by atomic mass is 9.95. The molecule has 2 unspecified atom stereocenters. The van der Waals surface area contributed by atoms with Crippen LogP contribution in [0.4, 0.5) is 5.69 Å².